The van der Waals surface area contributed by atoms with Crippen LogP contribution in [-0.4, -0.2) is 36.6 Å². The first-order valence-corrected chi connectivity index (χ1v) is 8.27. The number of carbonyl (C=O) groups is 1. The Bertz CT molecular complexity index is 698. The molecule has 1 aliphatic rings. The first-order valence-electron chi connectivity index (χ1n) is 7.39. The number of aryl methyl sites for hydroxylation is 1. The van der Waals surface area contributed by atoms with Crippen LogP contribution in [-0.2, 0) is 0 Å². The van der Waals surface area contributed by atoms with Gasteiger partial charge in [-0.15, -0.1) is 11.3 Å². The van der Waals surface area contributed by atoms with Crippen molar-refractivity contribution in [2.45, 2.75) is 19.8 Å². The topological polar surface area (TPSA) is 33.2 Å². The van der Waals surface area contributed by atoms with Crippen molar-refractivity contribution < 1.29 is 4.79 Å². The molecular weight excluding hydrogens is 291 g/mol. The first-order chi connectivity index (χ1) is 10.6. The number of thiazole rings is 1. The summed E-state index contributed by atoms with van der Waals surface area (Å²) in [5.74, 6) is -0.329. The minimum atomic E-state index is -0.329. The highest BCUT2D eigenvalue weighted by atomic mass is 32.1. The Morgan fingerprint density at radius 1 is 1.23 bits per heavy atom. The van der Waals surface area contributed by atoms with E-state index >= 15 is 0 Å². The number of hydrogen-bond donors (Lipinski definition) is 0. The van der Waals surface area contributed by atoms with Gasteiger partial charge in [0, 0.05) is 24.0 Å². The Labute approximate surface area is 136 Å². The Morgan fingerprint density at radius 3 is 2.45 bits per heavy atom. The third-order valence-electron chi connectivity index (χ3n) is 3.97. The lowest BCUT2D eigenvalue weighted by Crippen LogP contribution is -2.35. The second-order valence-corrected chi connectivity index (χ2v) is 6.48. The van der Waals surface area contributed by atoms with Crippen LogP contribution in [0.2, 0.25) is 0 Å². The lowest BCUT2D eigenvalue weighted by atomic mass is 9.90. The highest BCUT2D eigenvalue weighted by molar-refractivity contribution is 7.09. The fourth-order valence-corrected chi connectivity index (χ4v) is 3.47. The molecule has 2 aromatic rings. The molecule has 1 amide bonds. The Balaban J connectivity index is 1.99. The van der Waals surface area contributed by atoms with Crippen LogP contribution in [0.5, 0.6) is 0 Å². The Morgan fingerprint density at radius 2 is 1.91 bits per heavy atom. The number of carbonyl (C=O) groups excluding carboxylic acids is 1. The van der Waals surface area contributed by atoms with Crippen LogP contribution in [0.3, 0.4) is 0 Å². The van der Waals surface area contributed by atoms with Crippen LogP contribution in [0.25, 0.3) is 5.57 Å². The zero-order valence-corrected chi connectivity index (χ0v) is 13.4. The number of amides is 1. The van der Waals surface area contributed by atoms with Gasteiger partial charge in [0.05, 0.1) is 10.7 Å². The number of piperidine rings is 1. The van der Waals surface area contributed by atoms with E-state index in [1.165, 1.54) is 16.7 Å². The normalized spacial score (nSPS) is 15.0. The van der Waals surface area contributed by atoms with Gasteiger partial charge in [-0.3, -0.25) is 4.79 Å². The third-order valence-corrected chi connectivity index (χ3v) is 4.74. The molecule has 0 bridgehead atoms. The standard InChI is InChI=1S/C17H17BN2OS/c1-12-19-15(11-22-12)16(13-5-3-2-4-6-13)14-7-9-20(10-8-14)17(18)21/h2-6,11H,7-10H2,1H3. The minimum Gasteiger partial charge on any atom is -0.352 e. The average Bonchev–Trinajstić information content (AvgIpc) is 2.95. The summed E-state index contributed by atoms with van der Waals surface area (Å²) >= 11 is 1.67. The van der Waals surface area contributed by atoms with Gasteiger partial charge in [-0.05, 0) is 25.3 Å². The van der Waals surface area contributed by atoms with Gasteiger partial charge >= 0.3 is 0 Å². The molecule has 0 N–H and O–H groups in total. The third kappa shape index (κ3) is 3.14. The second kappa shape index (κ2) is 6.49. The van der Waals surface area contributed by atoms with E-state index in [4.69, 9.17) is 7.85 Å². The maximum absolute atomic E-state index is 11.3. The summed E-state index contributed by atoms with van der Waals surface area (Å²) in [6.45, 7) is 3.39. The molecule has 5 heteroatoms. The quantitative estimate of drug-likeness (QED) is 0.794. The average molecular weight is 308 g/mol. The number of benzene rings is 1. The van der Waals surface area contributed by atoms with Crippen molar-refractivity contribution in [2.75, 3.05) is 13.1 Å². The van der Waals surface area contributed by atoms with Crippen molar-refractivity contribution in [1.82, 2.24) is 9.88 Å². The molecule has 0 spiro atoms. The molecule has 22 heavy (non-hydrogen) atoms. The molecule has 1 aliphatic heterocycles. The van der Waals surface area contributed by atoms with E-state index in [1.54, 1.807) is 16.2 Å². The van der Waals surface area contributed by atoms with Gasteiger partial charge in [0.25, 0.3) is 0 Å². The number of rotatable bonds is 2. The van der Waals surface area contributed by atoms with Crippen molar-refractivity contribution in [2.24, 2.45) is 0 Å². The van der Waals surface area contributed by atoms with E-state index in [0.29, 0.717) is 13.1 Å². The number of hydrogen-bond acceptors (Lipinski definition) is 3. The Kier molecular flexibility index (Phi) is 4.43. The van der Waals surface area contributed by atoms with E-state index in [9.17, 15) is 4.79 Å². The van der Waals surface area contributed by atoms with Crippen molar-refractivity contribution in [3.63, 3.8) is 0 Å². The van der Waals surface area contributed by atoms with Crippen LogP contribution in [0, 0.1) is 6.92 Å². The summed E-state index contributed by atoms with van der Waals surface area (Å²) in [6.07, 6.45) is 1.70. The van der Waals surface area contributed by atoms with Crippen LogP contribution in [0.15, 0.2) is 41.3 Å². The molecule has 2 radical (unpaired) electrons. The predicted octanol–water partition coefficient (Wildman–Crippen LogP) is 3.64. The molecule has 110 valence electrons. The first kappa shape index (κ1) is 15.0. The smallest absolute Gasteiger partial charge is 0.200 e. The number of nitrogens with zero attached hydrogens (tertiary/aromatic N) is 2. The zero-order chi connectivity index (χ0) is 15.5. The summed E-state index contributed by atoms with van der Waals surface area (Å²) in [4.78, 5) is 17.7. The van der Waals surface area contributed by atoms with Crippen LogP contribution >= 0.6 is 11.3 Å². The van der Waals surface area contributed by atoms with Gasteiger partial charge in [-0.25, -0.2) is 4.98 Å². The lowest BCUT2D eigenvalue weighted by molar-refractivity contribution is 0.217. The minimum absolute atomic E-state index is 0.329. The monoisotopic (exact) mass is 308 g/mol. The van der Waals surface area contributed by atoms with Crippen LogP contribution < -0.4 is 0 Å². The fraction of sp³-hybridized carbons (Fsp3) is 0.294. The van der Waals surface area contributed by atoms with E-state index < -0.39 is 0 Å². The largest absolute Gasteiger partial charge is 0.352 e. The van der Waals surface area contributed by atoms with E-state index in [1.807, 2.05) is 25.1 Å². The molecule has 1 saturated heterocycles. The summed E-state index contributed by atoms with van der Waals surface area (Å²) in [7, 11) is 5.37. The highest BCUT2D eigenvalue weighted by Gasteiger charge is 2.21. The Hall–Kier alpha value is -1.88. The van der Waals surface area contributed by atoms with Crippen molar-refractivity contribution >= 4 is 30.6 Å². The van der Waals surface area contributed by atoms with Gasteiger partial charge in [0.15, 0.2) is 5.81 Å². The van der Waals surface area contributed by atoms with Crippen molar-refractivity contribution in [3.05, 3.63) is 57.6 Å². The molecule has 0 atom stereocenters. The molecule has 2 heterocycles. The molecule has 3 rings (SSSR count). The van der Waals surface area contributed by atoms with E-state index in [0.717, 1.165) is 23.5 Å². The van der Waals surface area contributed by atoms with Crippen molar-refractivity contribution in [1.29, 1.82) is 0 Å². The molecule has 1 aromatic carbocycles. The van der Waals surface area contributed by atoms with Crippen LogP contribution in [0.4, 0.5) is 4.79 Å². The molecule has 0 unspecified atom stereocenters. The van der Waals surface area contributed by atoms with Gasteiger partial charge in [-0.1, -0.05) is 35.9 Å². The van der Waals surface area contributed by atoms with Gasteiger partial charge in [0.1, 0.15) is 0 Å². The molecule has 0 aliphatic carbocycles. The lowest BCUT2D eigenvalue weighted by Gasteiger charge is -2.29. The van der Waals surface area contributed by atoms with E-state index in [-0.39, 0.29) is 5.81 Å². The summed E-state index contributed by atoms with van der Waals surface area (Å²) < 4.78 is 0. The molecule has 0 saturated carbocycles. The number of likely N-dealkylation sites (tertiary alicyclic amines) is 1. The van der Waals surface area contributed by atoms with Gasteiger partial charge < -0.3 is 4.90 Å². The maximum atomic E-state index is 11.3. The zero-order valence-electron chi connectivity index (χ0n) is 12.6. The molecule has 3 nitrogen and oxygen atoms in total. The molecule has 1 fully saturated rings. The number of aromatic nitrogens is 1. The second-order valence-electron chi connectivity index (χ2n) is 5.42. The SMILES string of the molecule is [B]C(=O)N1CCC(=C(c2ccccc2)c2csc(C)n2)CC1. The van der Waals surface area contributed by atoms with Gasteiger partial charge in [0.2, 0.25) is 7.85 Å². The molecular formula is C17H17BN2OS. The highest BCUT2D eigenvalue weighted by Crippen LogP contribution is 2.32. The summed E-state index contributed by atoms with van der Waals surface area (Å²) in [5.41, 5.74) is 4.80. The van der Waals surface area contributed by atoms with Crippen molar-refractivity contribution in [3.8, 4) is 0 Å². The van der Waals surface area contributed by atoms with Gasteiger partial charge in [-0.2, -0.15) is 0 Å². The summed E-state index contributed by atoms with van der Waals surface area (Å²) in [5, 5.41) is 3.18. The summed E-state index contributed by atoms with van der Waals surface area (Å²) in [6, 6.07) is 10.4. The molecule has 1 aromatic heterocycles. The van der Waals surface area contributed by atoms with Crippen LogP contribution in [0.1, 0.15) is 29.1 Å². The van der Waals surface area contributed by atoms with E-state index in [2.05, 4.69) is 22.5 Å². The maximum Gasteiger partial charge on any atom is 0.200 e. The fourth-order valence-electron chi connectivity index (χ4n) is 2.86. The predicted molar refractivity (Wildman–Crippen MR) is 91.3 cm³/mol.